The van der Waals surface area contributed by atoms with Crippen molar-refractivity contribution in [3.63, 3.8) is 0 Å². The minimum absolute atomic E-state index is 0.146. The molecule has 1 saturated carbocycles. The third kappa shape index (κ3) is 1.25. The molecule has 3 rings (SSSR count). The highest BCUT2D eigenvalue weighted by Crippen LogP contribution is 2.64. The van der Waals surface area contributed by atoms with E-state index in [9.17, 15) is 9.90 Å². The van der Waals surface area contributed by atoms with Gasteiger partial charge in [-0.15, -0.1) is 0 Å². The quantitative estimate of drug-likeness (QED) is 0.851. The number of hydrogen-bond donors (Lipinski definition) is 1. The van der Waals surface area contributed by atoms with Gasteiger partial charge in [-0.1, -0.05) is 26.0 Å². The van der Waals surface area contributed by atoms with Crippen LogP contribution < -0.4 is 4.74 Å². The van der Waals surface area contributed by atoms with Gasteiger partial charge in [0.25, 0.3) is 0 Å². The first-order valence-electron chi connectivity index (χ1n) is 5.97. The molecule has 2 aliphatic rings. The Bertz CT molecular complexity index is 504. The van der Waals surface area contributed by atoms with E-state index in [-0.39, 0.29) is 5.41 Å². The molecule has 1 aliphatic carbocycles. The van der Waals surface area contributed by atoms with Crippen LogP contribution >= 0.6 is 0 Å². The topological polar surface area (TPSA) is 46.5 Å². The van der Waals surface area contributed by atoms with Gasteiger partial charge in [0, 0.05) is 6.42 Å². The maximum Gasteiger partial charge on any atom is 0.314 e. The van der Waals surface area contributed by atoms with Crippen LogP contribution in [0.5, 0.6) is 5.75 Å². The minimum Gasteiger partial charge on any atom is -0.493 e. The summed E-state index contributed by atoms with van der Waals surface area (Å²) in [5.41, 5.74) is 1.24. The van der Waals surface area contributed by atoms with E-state index in [2.05, 4.69) is 0 Å². The van der Waals surface area contributed by atoms with Gasteiger partial charge in [0.2, 0.25) is 0 Å². The molecule has 1 fully saturated rings. The lowest BCUT2D eigenvalue weighted by molar-refractivity contribution is -0.141. The molecule has 0 amide bonds. The summed E-state index contributed by atoms with van der Waals surface area (Å²) < 4.78 is 5.45. The van der Waals surface area contributed by atoms with Crippen molar-refractivity contribution in [2.75, 3.05) is 6.61 Å². The molecule has 3 heteroatoms. The molecule has 90 valence electrons. The summed E-state index contributed by atoms with van der Waals surface area (Å²) in [6.45, 7) is 4.75. The Labute approximate surface area is 100 Å². The van der Waals surface area contributed by atoms with Crippen molar-refractivity contribution in [2.45, 2.75) is 32.1 Å². The van der Waals surface area contributed by atoms with Gasteiger partial charge < -0.3 is 9.84 Å². The normalized spacial score (nSPS) is 28.4. The van der Waals surface area contributed by atoms with Gasteiger partial charge in [0.15, 0.2) is 0 Å². The van der Waals surface area contributed by atoms with E-state index >= 15 is 0 Å². The summed E-state index contributed by atoms with van der Waals surface area (Å²) in [5.74, 6) is 0.203. The zero-order chi connectivity index (χ0) is 12.3. The molecule has 1 N–H and O–H groups in total. The van der Waals surface area contributed by atoms with Crippen LogP contribution in [0.3, 0.4) is 0 Å². The van der Waals surface area contributed by atoms with Crippen molar-refractivity contribution < 1.29 is 14.6 Å². The van der Waals surface area contributed by atoms with Gasteiger partial charge in [-0.2, -0.15) is 0 Å². The second-order valence-corrected chi connectivity index (χ2v) is 5.69. The SMILES string of the molecule is CC1(C)CC1(C(=O)O)c1ccc2c(c1)CCO2. The van der Waals surface area contributed by atoms with Crippen LogP contribution in [-0.4, -0.2) is 17.7 Å². The number of rotatable bonds is 2. The number of fused-ring (bicyclic) bond motifs is 1. The van der Waals surface area contributed by atoms with E-state index in [4.69, 9.17) is 4.74 Å². The number of aliphatic carboxylic acids is 1. The van der Waals surface area contributed by atoms with E-state index < -0.39 is 11.4 Å². The van der Waals surface area contributed by atoms with E-state index in [1.807, 2.05) is 32.0 Å². The largest absolute Gasteiger partial charge is 0.493 e. The van der Waals surface area contributed by atoms with Crippen molar-refractivity contribution >= 4 is 5.97 Å². The van der Waals surface area contributed by atoms with E-state index in [0.717, 1.165) is 29.7 Å². The highest BCUT2D eigenvalue weighted by molar-refractivity contribution is 5.87. The summed E-state index contributed by atoms with van der Waals surface area (Å²) in [5, 5.41) is 9.51. The van der Waals surface area contributed by atoms with Crippen LogP contribution in [0, 0.1) is 5.41 Å². The molecule has 1 unspecified atom stereocenters. The molecule has 0 spiro atoms. The molecule has 0 radical (unpaired) electrons. The van der Waals surface area contributed by atoms with Crippen LogP contribution in [0.25, 0.3) is 0 Å². The molecule has 1 heterocycles. The van der Waals surface area contributed by atoms with Gasteiger partial charge in [-0.05, 0) is 29.0 Å². The van der Waals surface area contributed by atoms with Crippen LogP contribution in [0.2, 0.25) is 0 Å². The Kier molecular flexibility index (Phi) is 1.90. The average molecular weight is 232 g/mol. The summed E-state index contributed by atoms with van der Waals surface area (Å²) in [4.78, 5) is 11.6. The molecular formula is C14H16O3. The third-order valence-electron chi connectivity index (χ3n) is 4.28. The number of benzene rings is 1. The molecule has 1 atom stereocenters. The van der Waals surface area contributed by atoms with Crippen LogP contribution in [0.4, 0.5) is 0 Å². The lowest BCUT2D eigenvalue weighted by atomic mass is 9.87. The predicted octanol–water partition coefficient (Wildman–Crippen LogP) is 2.37. The Hall–Kier alpha value is -1.51. The predicted molar refractivity (Wildman–Crippen MR) is 63.4 cm³/mol. The zero-order valence-electron chi connectivity index (χ0n) is 10.1. The van der Waals surface area contributed by atoms with Crippen LogP contribution in [0.1, 0.15) is 31.4 Å². The molecule has 0 bridgehead atoms. The van der Waals surface area contributed by atoms with Gasteiger partial charge in [-0.25, -0.2) is 0 Å². The first-order valence-corrected chi connectivity index (χ1v) is 5.97. The monoisotopic (exact) mass is 232 g/mol. The molecule has 1 aliphatic heterocycles. The lowest BCUT2D eigenvalue weighted by Crippen LogP contribution is -2.25. The molecular weight excluding hydrogens is 216 g/mol. The lowest BCUT2D eigenvalue weighted by Gasteiger charge is -2.16. The van der Waals surface area contributed by atoms with E-state index in [1.165, 1.54) is 0 Å². The zero-order valence-corrected chi connectivity index (χ0v) is 10.1. The fraction of sp³-hybridized carbons (Fsp3) is 0.500. The van der Waals surface area contributed by atoms with Gasteiger partial charge >= 0.3 is 5.97 Å². The summed E-state index contributed by atoms with van der Waals surface area (Å²) in [7, 11) is 0. The summed E-state index contributed by atoms with van der Waals surface area (Å²) >= 11 is 0. The van der Waals surface area contributed by atoms with Crippen molar-refractivity contribution in [2.24, 2.45) is 5.41 Å². The van der Waals surface area contributed by atoms with E-state index in [0.29, 0.717) is 6.61 Å². The summed E-state index contributed by atoms with van der Waals surface area (Å²) in [6.07, 6.45) is 1.61. The molecule has 1 aromatic rings. The van der Waals surface area contributed by atoms with Crippen molar-refractivity contribution in [1.82, 2.24) is 0 Å². The van der Waals surface area contributed by atoms with Crippen molar-refractivity contribution in [1.29, 1.82) is 0 Å². The van der Waals surface area contributed by atoms with Crippen molar-refractivity contribution in [3.05, 3.63) is 29.3 Å². The smallest absolute Gasteiger partial charge is 0.314 e. The van der Waals surface area contributed by atoms with Gasteiger partial charge in [0.1, 0.15) is 5.75 Å². The van der Waals surface area contributed by atoms with Gasteiger partial charge in [-0.3, -0.25) is 4.79 Å². The highest BCUT2D eigenvalue weighted by atomic mass is 16.5. The third-order valence-corrected chi connectivity index (χ3v) is 4.28. The molecule has 17 heavy (non-hydrogen) atoms. The fourth-order valence-electron chi connectivity index (χ4n) is 3.05. The Morgan fingerprint density at radius 3 is 2.71 bits per heavy atom. The molecule has 1 aromatic carbocycles. The van der Waals surface area contributed by atoms with Crippen molar-refractivity contribution in [3.8, 4) is 5.75 Å². The first-order chi connectivity index (χ1) is 7.97. The highest BCUT2D eigenvalue weighted by Gasteiger charge is 2.67. The number of carbonyl (C=O) groups is 1. The van der Waals surface area contributed by atoms with Gasteiger partial charge in [0.05, 0.1) is 12.0 Å². The summed E-state index contributed by atoms with van der Waals surface area (Å²) in [6, 6.07) is 5.84. The van der Waals surface area contributed by atoms with Crippen LogP contribution in [-0.2, 0) is 16.6 Å². The molecule has 3 nitrogen and oxygen atoms in total. The first kappa shape index (κ1) is 10.6. The second kappa shape index (κ2) is 3.03. The maximum absolute atomic E-state index is 11.6. The minimum atomic E-state index is -0.707. The Morgan fingerprint density at radius 1 is 1.41 bits per heavy atom. The number of hydrogen-bond acceptors (Lipinski definition) is 2. The average Bonchev–Trinajstić information content (AvgIpc) is 2.67. The Morgan fingerprint density at radius 2 is 2.12 bits per heavy atom. The number of ether oxygens (including phenoxy) is 1. The number of carboxylic acid groups (broad SMARTS) is 1. The van der Waals surface area contributed by atoms with Crippen LogP contribution in [0.15, 0.2) is 18.2 Å². The molecule has 0 aromatic heterocycles. The Balaban J connectivity index is 2.08. The second-order valence-electron chi connectivity index (χ2n) is 5.69. The van der Waals surface area contributed by atoms with E-state index in [1.54, 1.807) is 0 Å². The maximum atomic E-state index is 11.6. The fourth-order valence-corrected chi connectivity index (χ4v) is 3.05. The molecule has 0 saturated heterocycles. The standard InChI is InChI=1S/C14H16O3/c1-13(2)8-14(13,12(15)16)10-3-4-11-9(7-10)5-6-17-11/h3-4,7H,5-6,8H2,1-2H3,(H,15,16). The number of carboxylic acids is 1.